The predicted octanol–water partition coefficient (Wildman–Crippen LogP) is 2.76. The number of likely N-dealkylation sites (N-methyl/N-ethyl adjacent to an activating group) is 1. The number of rotatable bonds is 6. The van der Waals surface area contributed by atoms with Crippen LogP contribution >= 0.6 is 0 Å². The number of oxazole rings is 1. The predicted molar refractivity (Wildman–Crippen MR) is 80.4 cm³/mol. The van der Waals surface area contributed by atoms with Gasteiger partial charge in [-0.25, -0.2) is 4.98 Å². The van der Waals surface area contributed by atoms with E-state index in [4.69, 9.17) is 4.42 Å². The van der Waals surface area contributed by atoms with Crippen LogP contribution in [0.3, 0.4) is 0 Å². The van der Waals surface area contributed by atoms with E-state index in [1.54, 1.807) is 6.20 Å². The fourth-order valence-corrected chi connectivity index (χ4v) is 2.53. The van der Waals surface area contributed by atoms with Crippen molar-refractivity contribution in [2.24, 2.45) is 0 Å². The summed E-state index contributed by atoms with van der Waals surface area (Å²) in [6.07, 6.45) is 1.75. The van der Waals surface area contributed by atoms with Gasteiger partial charge >= 0.3 is 0 Å². The number of nitrogens with zero attached hydrogens (tertiary/aromatic N) is 2. The van der Waals surface area contributed by atoms with Crippen molar-refractivity contribution in [3.05, 3.63) is 53.7 Å². The molecular weight excluding hydrogens is 250 g/mol. The van der Waals surface area contributed by atoms with Crippen LogP contribution < -0.4 is 5.32 Å². The van der Waals surface area contributed by atoms with Crippen LogP contribution in [0.1, 0.15) is 30.2 Å². The van der Waals surface area contributed by atoms with E-state index in [2.05, 4.69) is 60.5 Å². The summed E-state index contributed by atoms with van der Waals surface area (Å²) in [6.45, 7) is 4.74. The SMILES string of the molecule is Cc1cnc(CNC(C)C(c2ccccc2)N(C)C)o1. The zero-order valence-electron chi connectivity index (χ0n) is 12.6. The fourth-order valence-electron chi connectivity index (χ4n) is 2.53. The van der Waals surface area contributed by atoms with Gasteiger partial charge < -0.3 is 14.6 Å². The van der Waals surface area contributed by atoms with Crippen molar-refractivity contribution in [3.63, 3.8) is 0 Å². The van der Waals surface area contributed by atoms with Crippen molar-refractivity contribution in [3.8, 4) is 0 Å². The highest BCUT2D eigenvalue weighted by Gasteiger charge is 2.21. The number of hydrogen-bond donors (Lipinski definition) is 1. The third-order valence-electron chi connectivity index (χ3n) is 3.42. The van der Waals surface area contributed by atoms with E-state index in [0.717, 1.165) is 11.7 Å². The van der Waals surface area contributed by atoms with Gasteiger partial charge in [0.05, 0.1) is 12.7 Å². The summed E-state index contributed by atoms with van der Waals surface area (Å²) in [5, 5.41) is 3.49. The minimum Gasteiger partial charge on any atom is -0.445 e. The fraction of sp³-hybridized carbons (Fsp3) is 0.438. The summed E-state index contributed by atoms with van der Waals surface area (Å²) in [6, 6.07) is 11.1. The molecule has 20 heavy (non-hydrogen) atoms. The monoisotopic (exact) mass is 273 g/mol. The number of aromatic nitrogens is 1. The zero-order chi connectivity index (χ0) is 14.5. The summed E-state index contributed by atoms with van der Waals surface area (Å²) in [4.78, 5) is 6.45. The summed E-state index contributed by atoms with van der Waals surface area (Å²) in [5.41, 5.74) is 1.31. The Labute approximate surface area is 120 Å². The Morgan fingerprint density at radius 2 is 1.95 bits per heavy atom. The van der Waals surface area contributed by atoms with Gasteiger partial charge in [-0.15, -0.1) is 0 Å². The van der Waals surface area contributed by atoms with Crippen LogP contribution in [0.4, 0.5) is 0 Å². The van der Waals surface area contributed by atoms with E-state index in [9.17, 15) is 0 Å². The van der Waals surface area contributed by atoms with Gasteiger partial charge in [-0.1, -0.05) is 30.3 Å². The van der Waals surface area contributed by atoms with Gasteiger partial charge in [-0.05, 0) is 33.5 Å². The molecule has 0 aliphatic rings. The van der Waals surface area contributed by atoms with E-state index < -0.39 is 0 Å². The second-order valence-electron chi connectivity index (χ2n) is 5.35. The molecule has 4 nitrogen and oxygen atoms in total. The molecule has 0 radical (unpaired) electrons. The molecule has 1 heterocycles. The van der Waals surface area contributed by atoms with E-state index in [1.165, 1.54) is 5.56 Å². The highest BCUT2D eigenvalue weighted by atomic mass is 16.4. The first kappa shape index (κ1) is 14.8. The average Bonchev–Trinajstić information content (AvgIpc) is 2.83. The van der Waals surface area contributed by atoms with Crippen LogP contribution in [0, 0.1) is 6.92 Å². The van der Waals surface area contributed by atoms with Crippen LogP contribution in [-0.2, 0) is 6.54 Å². The summed E-state index contributed by atoms with van der Waals surface area (Å²) in [7, 11) is 4.20. The third kappa shape index (κ3) is 3.68. The molecule has 0 amide bonds. The molecule has 0 saturated carbocycles. The van der Waals surface area contributed by atoms with Gasteiger partial charge in [-0.2, -0.15) is 0 Å². The van der Waals surface area contributed by atoms with Crippen LogP contribution in [0.25, 0.3) is 0 Å². The van der Waals surface area contributed by atoms with Crippen molar-refractivity contribution in [1.82, 2.24) is 15.2 Å². The molecule has 0 bridgehead atoms. The van der Waals surface area contributed by atoms with Crippen molar-refractivity contribution in [2.45, 2.75) is 32.5 Å². The Kier molecular flexibility index (Phi) is 4.93. The second-order valence-corrected chi connectivity index (χ2v) is 5.35. The Morgan fingerprint density at radius 3 is 2.50 bits per heavy atom. The first-order valence-corrected chi connectivity index (χ1v) is 6.94. The van der Waals surface area contributed by atoms with Crippen LogP contribution in [0.15, 0.2) is 40.9 Å². The Balaban J connectivity index is 2.02. The average molecular weight is 273 g/mol. The summed E-state index contributed by atoms with van der Waals surface area (Å²) in [5.74, 6) is 1.58. The Hall–Kier alpha value is -1.65. The molecule has 0 fully saturated rings. The van der Waals surface area contributed by atoms with Crippen molar-refractivity contribution < 1.29 is 4.42 Å². The lowest BCUT2D eigenvalue weighted by Crippen LogP contribution is -2.39. The molecule has 2 atom stereocenters. The lowest BCUT2D eigenvalue weighted by molar-refractivity contribution is 0.235. The minimum atomic E-state index is 0.291. The van der Waals surface area contributed by atoms with Crippen LogP contribution in [0.2, 0.25) is 0 Å². The van der Waals surface area contributed by atoms with Crippen LogP contribution in [-0.4, -0.2) is 30.0 Å². The normalized spacial score (nSPS) is 14.4. The van der Waals surface area contributed by atoms with Crippen LogP contribution in [0.5, 0.6) is 0 Å². The van der Waals surface area contributed by atoms with Crippen molar-refractivity contribution in [2.75, 3.05) is 14.1 Å². The van der Waals surface area contributed by atoms with Gasteiger partial charge in [-0.3, -0.25) is 0 Å². The molecule has 1 aromatic carbocycles. The largest absolute Gasteiger partial charge is 0.445 e. The Morgan fingerprint density at radius 1 is 1.25 bits per heavy atom. The van der Waals surface area contributed by atoms with Gasteiger partial charge in [0, 0.05) is 12.1 Å². The number of nitrogens with one attached hydrogen (secondary N) is 1. The molecule has 0 spiro atoms. The van der Waals surface area contributed by atoms with E-state index in [0.29, 0.717) is 18.6 Å². The maximum Gasteiger partial charge on any atom is 0.208 e. The number of hydrogen-bond acceptors (Lipinski definition) is 4. The minimum absolute atomic E-state index is 0.291. The molecule has 0 aliphatic carbocycles. The van der Waals surface area contributed by atoms with Crippen molar-refractivity contribution >= 4 is 0 Å². The summed E-state index contributed by atoms with van der Waals surface area (Å²) >= 11 is 0. The van der Waals surface area contributed by atoms with Gasteiger partial charge in [0.2, 0.25) is 5.89 Å². The zero-order valence-corrected chi connectivity index (χ0v) is 12.6. The maximum atomic E-state index is 5.49. The molecular formula is C16H23N3O. The Bertz CT molecular complexity index is 522. The lowest BCUT2D eigenvalue weighted by Gasteiger charge is -2.31. The molecule has 2 rings (SSSR count). The third-order valence-corrected chi connectivity index (χ3v) is 3.42. The maximum absolute atomic E-state index is 5.49. The number of aryl methyl sites for hydroxylation is 1. The van der Waals surface area contributed by atoms with Gasteiger partial charge in [0.15, 0.2) is 0 Å². The lowest BCUT2D eigenvalue weighted by atomic mass is 9.99. The molecule has 4 heteroatoms. The molecule has 0 saturated heterocycles. The van der Waals surface area contributed by atoms with E-state index in [-0.39, 0.29) is 0 Å². The first-order valence-electron chi connectivity index (χ1n) is 6.94. The molecule has 2 unspecified atom stereocenters. The molecule has 108 valence electrons. The smallest absolute Gasteiger partial charge is 0.208 e. The van der Waals surface area contributed by atoms with Gasteiger partial charge in [0.25, 0.3) is 0 Å². The quantitative estimate of drug-likeness (QED) is 0.878. The molecule has 1 N–H and O–H groups in total. The topological polar surface area (TPSA) is 41.3 Å². The number of benzene rings is 1. The molecule has 0 aliphatic heterocycles. The van der Waals surface area contributed by atoms with E-state index >= 15 is 0 Å². The van der Waals surface area contributed by atoms with Crippen molar-refractivity contribution in [1.29, 1.82) is 0 Å². The first-order chi connectivity index (χ1) is 9.58. The highest BCUT2D eigenvalue weighted by Crippen LogP contribution is 2.22. The molecule has 1 aromatic heterocycles. The highest BCUT2D eigenvalue weighted by molar-refractivity contribution is 5.20. The standard InChI is InChI=1S/C16H23N3O/c1-12-10-18-15(20-12)11-17-13(2)16(19(3)4)14-8-6-5-7-9-14/h5-10,13,16-17H,11H2,1-4H3. The molecule has 2 aromatic rings. The van der Waals surface area contributed by atoms with Gasteiger partial charge in [0.1, 0.15) is 5.76 Å². The summed E-state index contributed by atoms with van der Waals surface area (Å²) < 4.78 is 5.49. The van der Waals surface area contributed by atoms with E-state index in [1.807, 2.05) is 13.0 Å². The second kappa shape index (κ2) is 6.68.